The highest BCUT2D eigenvalue weighted by molar-refractivity contribution is 6.30. The molecule has 1 heterocycles. The molecule has 0 bridgehead atoms. The monoisotopic (exact) mass is 377 g/mol. The number of benzene rings is 2. The maximum absolute atomic E-state index is 14.0. The van der Waals surface area contributed by atoms with Crippen molar-refractivity contribution in [1.29, 1.82) is 0 Å². The van der Waals surface area contributed by atoms with Crippen LogP contribution in [0.4, 0.5) is 26.3 Å². The van der Waals surface area contributed by atoms with E-state index in [2.05, 4.69) is 10.1 Å². The third-order valence-corrected chi connectivity index (χ3v) is 3.45. The van der Waals surface area contributed by atoms with E-state index >= 15 is 0 Å². The van der Waals surface area contributed by atoms with Crippen LogP contribution in [0.25, 0.3) is 17.1 Å². The molecule has 0 aliphatic carbocycles. The van der Waals surface area contributed by atoms with Crippen molar-refractivity contribution in [3.05, 3.63) is 64.7 Å². The molecule has 25 heavy (non-hydrogen) atoms. The van der Waals surface area contributed by atoms with Gasteiger partial charge in [-0.05, 0) is 36.4 Å². The lowest BCUT2D eigenvalue weighted by Gasteiger charge is -2.08. The first kappa shape index (κ1) is 17.3. The summed E-state index contributed by atoms with van der Waals surface area (Å²) in [6.07, 6.45) is -4.97. The van der Waals surface area contributed by atoms with Crippen LogP contribution in [-0.4, -0.2) is 14.8 Å². The Labute approximate surface area is 141 Å². The minimum absolute atomic E-state index is 0.00506. The quantitative estimate of drug-likeness (QED) is 0.463. The molecule has 0 fully saturated rings. The lowest BCUT2D eigenvalue weighted by Crippen LogP contribution is -2.08. The van der Waals surface area contributed by atoms with Crippen molar-refractivity contribution in [2.24, 2.45) is 0 Å². The molecule has 0 spiro atoms. The van der Waals surface area contributed by atoms with Crippen LogP contribution in [0.15, 0.2) is 36.4 Å². The Morgan fingerprint density at radius 1 is 0.880 bits per heavy atom. The first-order valence-corrected chi connectivity index (χ1v) is 7.00. The van der Waals surface area contributed by atoms with Crippen LogP contribution in [0.5, 0.6) is 0 Å². The van der Waals surface area contributed by atoms with Gasteiger partial charge in [0.05, 0.1) is 11.3 Å². The summed E-state index contributed by atoms with van der Waals surface area (Å²) in [6, 6.07) is 6.33. The molecule has 0 aliphatic rings. The summed E-state index contributed by atoms with van der Waals surface area (Å²) in [6.45, 7) is 0. The fourth-order valence-corrected chi connectivity index (χ4v) is 2.21. The van der Waals surface area contributed by atoms with E-state index < -0.39 is 40.8 Å². The number of hydrogen-bond donors (Lipinski definition) is 0. The summed E-state index contributed by atoms with van der Waals surface area (Å²) >= 11 is 5.71. The number of halogens is 7. The van der Waals surface area contributed by atoms with Crippen molar-refractivity contribution >= 4 is 11.6 Å². The summed E-state index contributed by atoms with van der Waals surface area (Å²) in [5, 5.41) is 3.53. The van der Waals surface area contributed by atoms with Gasteiger partial charge in [0.15, 0.2) is 17.5 Å². The summed E-state index contributed by atoms with van der Waals surface area (Å²) in [5.41, 5.74) is -1.05. The summed E-state index contributed by atoms with van der Waals surface area (Å²) in [7, 11) is 0. The van der Waals surface area contributed by atoms with E-state index in [4.69, 9.17) is 11.6 Å². The second-order valence-electron chi connectivity index (χ2n) is 4.86. The molecule has 0 radical (unpaired) electrons. The van der Waals surface area contributed by atoms with Crippen molar-refractivity contribution in [3.8, 4) is 17.1 Å². The Morgan fingerprint density at radius 3 is 2.08 bits per heavy atom. The molecule has 3 nitrogen and oxygen atoms in total. The largest absolute Gasteiger partial charge is 0.453 e. The van der Waals surface area contributed by atoms with E-state index in [0.717, 1.165) is 0 Å². The van der Waals surface area contributed by atoms with Crippen molar-refractivity contribution in [2.45, 2.75) is 6.18 Å². The zero-order valence-electron chi connectivity index (χ0n) is 12.0. The molecule has 0 saturated heterocycles. The molecule has 0 saturated carbocycles. The topological polar surface area (TPSA) is 30.7 Å². The average Bonchev–Trinajstić information content (AvgIpc) is 2.97. The van der Waals surface area contributed by atoms with Crippen LogP contribution >= 0.6 is 11.6 Å². The standard InChI is InChI=1S/C15H6ClF6N3/c16-7-1-3-8(4-2-7)25-13(23-14(24-25)15(20,21)22)11-9(17)5-6-10(18)12(11)19/h1-6H. The van der Waals surface area contributed by atoms with E-state index in [0.29, 0.717) is 16.8 Å². The molecular weight excluding hydrogens is 372 g/mol. The lowest BCUT2D eigenvalue weighted by molar-refractivity contribution is -0.144. The lowest BCUT2D eigenvalue weighted by atomic mass is 10.1. The minimum atomic E-state index is -4.97. The normalized spacial score (nSPS) is 11.8. The average molecular weight is 378 g/mol. The molecule has 130 valence electrons. The maximum Gasteiger partial charge on any atom is 0.453 e. The number of rotatable bonds is 2. The predicted octanol–water partition coefficient (Wildman–Crippen LogP) is 5.02. The zero-order chi connectivity index (χ0) is 18.4. The van der Waals surface area contributed by atoms with Gasteiger partial charge in [0.1, 0.15) is 5.82 Å². The molecular formula is C15H6ClF6N3. The van der Waals surface area contributed by atoms with Crippen molar-refractivity contribution in [2.75, 3.05) is 0 Å². The van der Waals surface area contributed by atoms with Crippen LogP contribution < -0.4 is 0 Å². The molecule has 2 aromatic carbocycles. The van der Waals surface area contributed by atoms with Crippen LogP contribution in [0.2, 0.25) is 5.02 Å². The Hall–Kier alpha value is -2.55. The SMILES string of the molecule is Fc1ccc(F)c(-c2nc(C(F)(F)F)nn2-c2ccc(Cl)cc2)c1F. The van der Waals surface area contributed by atoms with Gasteiger partial charge in [-0.15, -0.1) is 5.10 Å². The van der Waals surface area contributed by atoms with E-state index in [1.807, 2.05) is 0 Å². The van der Waals surface area contributed by atoms with Gasteiger partial charge in [0.25, 0.3) is 5.82 Å². The molecule has 0 N–H and O–H groups in total. The molecule has 3 rings (SSSR count). The predicted molar refractivity (Wildman–Crippen MR) is 76.7 cm³/mol. The molecule has 1 aromatic heterocycles. The first-order chi connectivity index (χ1) is 11.7. The number of hydrogen-bond acceptors (Lipinski definition) is 2. The number of alkyl halides is 3. The summed E-state index contributed by atoms with van der Waals surface area (Å²) in [4.78, 5) is 3.16. The number of aromatic nitrogens is 3. The Balaban J connectivity index is 2.31. The smallest absolute Gasteiger partial charge is 0.212 e. The summed E-state index contributed by atoms with van der Waals surface area (Å²) in [5.74, 6) is -6.84. The fraction of sp³-hybridized carbons (Fsp3) is 0.0667. The Kier molecular flexibility index (Phi) is 4.19. The summed E-state index contributed by atoms with van der Waals surface area (Å²) < 4.78 is 80.8. The maximum atomic E-state index is 14.0. The van der Waals surface area contributed by atoms with Gasteiger partial charge in [-0.2, -0.15) is 13.2 Å². The number of nitrogens with zero attached hydrogens (tertiary/aromatic N) is 3. The van der Waals surface area contributed by atoms with E-state index in [9.17, 15) is 26.3 Å². The van der Waals surface area contributed by atoms with Gasteiger partial charge >= 0.3 is 6.18 Å². The van der Waals surface area contributed by atoms with Gasteiger partial charge in [-0.1, -0.05) is 11.6 Å². The van der Waals surface area contributed by atoms with Gasteiger partial charge < -0.3 is 0 Å². The Morgan fingerprint density at radius 2 is 1.48 bits per heavy atom. The molecule has 10 heteroatoms. The van der Waals surface area contributed by atoms with Crippen molar-refractivity contribution < 1.29 is 26.3 Å². The van der Waals surface area contributed by atoms with E-state index in [-0.39, 0.29) is 10.7 Å². The van der Waals surface area contributed by atoms with E-state index in [1.165, 1.54) is 24.3 Å². The first-order valence-electron chi connectivity index (χ1n) is 6.62. The van der Waals surface area contributed by atoms with Crippen molar-refractivity contribution in [1.82, 2.24) is 14.8 Å². The zero-order valence-corrected chi connectivity index (χ0v) is 12.7. The second kappa shape index (κ2) is 6.07. The van der Waals surface area contributed by atoms with Crippen LogP contribution in [0.3, 0.4) is 0 Å². The highest BCUT2D eigenvalue weighted by Gasteiger charge is 2.38. The van der Waals surface area contributed by atoms with Gasteiger partial charge in [-0.3, -0.25) is 0 Å². The van der Waals surface area contributed by atoms with Gasteiger partial charge in [0, 0.05) is 5.02 Å². The molecule has 3 aromatic rings. The van der Waals surface area contributed by atoms with Crippen LogP contribution in [0.1, 0.15) is 5.82 Å². The van der Waals surface area contributed by atoms with Crippen LogP contribution in [0, 0.1) is 17.5 Å². The Bertz CT molecular complexity index is 934. The fourth-order valence-electron chi connectivity index (χ4n) is 2.09. The molecule has 0 unspecified atom stereocenters. The highest BCUT2D eigenvalue weighted by Crippen LogP contribution is 2.33. The van der Waals surface area contributed by atoms with Gasteiger partial charge in [0.2, 0.25) is 0 Å². The third-order valence-electron chi connectivity index (χ3n) is 3.20. The molecule has 0 aliphatic heterocycles. The second-order valence-corrected chi connectivity index (χ2v) is 5.30. The molecule has 0 amide bonds. The van der Waals surface area contributed by atoms with E-state index in [1.54, 1.807) is 0 Å². The minimum Gasteiger partial charge on any atom is -0.212 e. The van der Waals surface area contributed by atoms with Crippen molar-refractivity contribution in [3.63, 3.8) is 0 Å². The molecule has 0 atom stereocenters. The highest BCUT2D eigenvalue weighted by atomic mass is 35.5. The van der Waals surface area contributed by atoms with Gasteiger partial charge in [-0.25, -0.2) is 22.8 Å². The third kappa shape index (κ3) is 3.19. The van der Waals surface area contributed by atoms with Crippen LogP contribution in [-0.2, 0) is 6.18 Å².